The number of rotatable bonds is 3. The topological polar surface area (TPSA) is 64.2 Å². The maximum absolute atomic E-state index is 11.9. The van der Waals surface area contributed by atoms with Gasteiger partial charge in [-0.3, -0.25) is 14.4 Å². The first kappa shape index (κ1) is 11.3. The number of aryl methyl sites for hydroxylation is 1. The van der Waals surface area contributed by atoms with E-state index in [0.717, 1.165) is 25.9 Å². The molecule has 5 nitrogen and oxygen atoms in total. The van der Waals surface area contributed by atoms with Gasteiger partial charge in [0.15, 0.2) is 5.78 Å². The van der Waals surface area contributed by atoms with Crippen LogP contribution in [0.25, 0.3) is 0 Å². The molecule has 1 aliphatic heterocycles. The molecule has 2 N–H and O–H groups in total. The minimum Gasteiger partial charge on any atom is -0.328 e. The van der Waals surface area contributed by atoms with E-state index in [2.05, 4.69) is 10.00 Å². The lowest BCUT2D eigenvalue weighted by Gasteiger charge is -2.29. The molecule has 2 rings (SSSR count). The third-order valence-corrected chi connectivity index (χ3v) is 3.03. The van der Waals surface area contributed by atoms with Gasteiger partial charge in [-0.25, -0.2) is 0 Å². The van der Waals surface area contributed by atoms with Gasteiger partial charge in [-0.15, -0.1) is 0 Å². The van der Waals surface area contributed by atoms with Crippen molar-refractivity contribution in [3.8, 4) is 0 Å². The third kappa shape index (κ3) is 2.68. The van der Waals surface area contributed by atoms with Gasteiger partial charge in [0.25, 0.3) is 0 Å². The van der Waals surface area contributed by atoms with E-state index in [9.17, 15) is 4.79 Å². The first-order chi connectivity index (χ1) is 7.65. The Bertz CT molecular complexity index is 366. The highest BCUT2D eigenvalue weighted by molar-refractivity contribution is 5.97. The van der Waals surface area contributed by atoms with Gasteiger partial charge in [-0.1, -0.05) is 0 Å². The molecule has 2 heterocycles. The minimum atomic E-state index is 0.142. The first-order valence-electron chi connectivity index (χ1n) is 5.65. The highest BCUT2D eigenvalue weighted by atomic mass is 16.1. The van der Waals surface area contributed by atoms with Crippen LogP contribution in [0.15, 0.2) is 12.4 Å². The fourth-order valence-corrected chi connectivity index (χ4v) is 1.97. The Balaban J connectivity index is 1.88. The average molecular weight is 222 g/mol. The molecule has 0 saturated carbocycles. The summed E-state index contributed by atoms with van der Waals surface area (Å²) in [5.74, 6) is 0.142. The highest BCUT2D eigenvalue weighted by Gasteiger charge is 2.19. The Kier molecular flexibility index (Phi) is 3.36. The van der Waals surface area contributed by atoms with Gasteiger partial charge in [0.1, 0.15) is 0 Å². The van der Waals surface area contributed by atoms with Crippen LogP contribution in [0.1, 0.15) is 23.2 Å². The summed E-state index contributed by atoms with van der Waals surface area (Å²) in [4.78, 5) is 14.0. The number of piperidine rings is 1. The second-order valence-electron chi connectivity index (χ2n) is 4.44. The van der Waals surface area contributed by atoms with Crippen LogP contribution in [0.4, 0.5) is 0 Å². The summed E-state index contributed by atoms with van der Waals surface area (Å²) in [6, 6.07) is 0.310. The second-order valence-corrected chi connectivity index (χ2v) is 4.44. The van der Waals surface area contributed by atoms with Crippen molar-refractivity contribution in [2.75, 3.05) is 19.6 Å². The van der Waals surface area contributed by atoms with Crippen LogP contribution in [0.5, 0.6) is 0 Å². The minimum absolute atomic E-state index is 0.142. The molecule has 1 aromatic rings. The summed E-state index contributed by atoms with van der Waals surface area (Å²) in [5.41, 5.74) is 6.51. The maximum atomic E-state index is 11.9. The molecule has 0 radical (unpaired) electrons. The highest BCUT2D eigenvalue weighted by Crippen LogP contribution is 2.09. The lowest BCUT2D eigenvalue weighted by atomic mass is 10.1. The van der Waals surface area contributed by atoms with Crippen LogP contribution in [0, 0.1) is 0 Å². The zero-order valence-electron chi connectivity index (χ0n) is 9.59. The Morgan fingerprint density at radius 3 is 2.81 bits per heavy atom. The zero-order chi connectivity index (χ0) is 11.5. The van der Waals surface area contributed by atoms with Gasteiger partial charge in [0.2, 0.25) is 0 Å². The third-order valence-electron chi connectivity index (χ3n) is 3.03. The van der Waals surface area contributed by atoms with Gasteiger partial charge in [-0.2, -0.15) is 5.10 Å². The molecule has 1 aliphatic rings. The van der Waals surface area contributed by atoms with E-state index in [1.54, 1.807) is 17.1 Å². The van der Waals surface area contributed by atoms with Crippen molar-refractivity contribution < 1.29 is 4.79 Å². The van der Waals surface area contributed by atoms with Crippen LogP contribution < -0.4 is 5.73 Å². The number of carbonyl (C=O) groups is 1. The summed E-state index contributed by atoms with van der Waals surface area (Å²) in [7, 11) is 1.82. The summed E-state index contributed by atoms with van der Waals surface area (Å²) < 4.78 is 1.65. The van der Waals surface area contributed by atoms with Crippen molar-refractivity contribution in [1.82, 2.24) is 14.7 Å². The normalized spacial score (nSPS) is 18.9. The Morgan fingerprint density at radius 1 is 1.56 bits per heavy atom. The Hall–Kier alpha value is -1.20. The van der Waals surface area contributed by atoms with Crippen molar-refractivity contribution in [2.24, 2.45) is 12.8 Å². The molecule has 0 amide bonds. The van der Waals surface area contributed by atoms with E-state index in [1.165, 1.54) is 0 Å². The largest absolute Gasteiger partial charge is 0.328 e. The van der Waals surface area contributed by atoms with Gasteiger partial charge in [-0.05, 0) is 12.8 Å². The van der Waals surface area contributed by atoms with Gasteiger partial charge >= 0.3 is 0 Å². The summed E-state index contributed by atoms with van der Waals surface area (Å²) in [5, 5.41) is 4.00. The molecule has 5 heteroatoms. The van der Waals surface area contributed by atoms with E-state index >= 15 is 0 Å². The summed E-state index contributed by atoms with van der Waals surface area (Å²) >= 11 is 0. The monoisotopic (exact) mass is 222 g/mol. The number of nitrogens with zero attached hydrogens (tertiary/aromatic N) is 3. The molecule has 1 fully saturated rings. The zero-order valence-corrected chi connectivity index (χ0v) is 9.59. The van der Waals surface area contributed by atoms with Gasteiger partial charge < -0.3 is 5.73 Å². The van der Waals surface area contributed by atoms with Crippen LogP contribution in [0.3, 0.4) is 0 Å². The number of likely N-dealkylation sites (tertiary alicyclic amines) is 1. The molecule has 0 aromatic carbocycles. The molecule has 16 heavy (non-hydrogen) atoms. The number of carbonyl (C=O) groups excluding carboxylic acids is 1. The predicted molar refractivity (Wildman–Crippen MR) is 61.2 cm³/mol. The summed E-state index contributed by atoms with van der Waals surface area (Å²) in [6.45, 7) is 2.33. The van der Waals surface area contributed by atoms with Crippen LogP contribution in [-0.4, -0.2) is 46.1 Å². The lowest BCUT2D eigenvalue weighted by molar-refractivity contribution is 0.0910. The first-order valence-corrected chi connectivity index (χ1v) is 5.65. The maximum Gasteiger partial charge on any atom is 0.179 e. The molecule has 0 unspecified atom stereocenters. The van der Waals surface area contributed by atoms with Crippen LogP contribution >= 0.6 is 0 Å². The van der Waals surface area contributed by atoms with Gasteiger partial charge in [0, 0.05) is 32.4 Å². The predicted octanol–water partition coefficient (Wildman–Crippen LogP) is 0.0259. The van der Waals surface area contributed by atoms with Crippen molar-refractivity contribution in [1.29, 1.82) is 0 Å². The second kappa shape index (κ2) is 4.76. The number of hydrogen-bond acceptors (Lipinski definition) is 4. The molecule has 1 aromatic heterocycles. The average Bonchev–Trinajstić information content (AvgIpc) is 2.68. The van der Waals surface area contributed by atoms with Crippen molar-refractivity contribution in [2.45, 2.75) is 18.9 Å². The van der Waals surface area contributed by atoms with E-state index in [0.29, 0.717) is 18.2 Å². The molecule has 0 atom stereocenters. The number of ketones is 1. The van der Waals surface area contributed by atoms with Crippen molar-refractivity contribution in [3.63, 3.8) is 0 Å². The summed E-state index contributed by atoms with van der Waals surface area (Å²) in [6.07, 6.45) is 5.36. The number of aromatic nitrogens is 2. The lowest BCUT2D eigenvalue weighted by Crippen LogP contribution is -2.41. The molecule has 0 aliphatic carbocycles. The fraction of sp³-hybridized carbons (Fsp3) is 0.636. The van der Waals surface area contributed by atoms with E-state index in [4.69, 9.17) is 5.73 Å². The molecule has 0 bridgehead atoms. The van der Waals surface area contributed by atoms with Crippen LogP contribution in [-0.2, 0) is 7.05 Å². The van der Waals surface area contributed by atoms with Crippen molar-refractivity contribution >= 4 is 5.78 Å². The molecular weight excluding hydrogens is 204 g/mol. The van der Waals surface area contributed by atoms with E-state index < -0.39 is 0 Å². The van der Waals surface area contributed by atoms with Crippen LogP contribution in [0.2, 0.25) is 0 Å². The standard InChI is InChI=1S/C11H18N4O/c1-14-7-9(6-13-14)11(16)8-15-4-2-10(12)3-5-15/h6-7,10H,2-5,8,12H2,1H3. The quantitative estimate of drug-likeness (QED) is 0.733. The fourth-order valence-electron chi connectivity index (χ4n) is 1.97. The molecule has 88 valence electrons. The molecular formula is C11H18N4O. The van der Waals surface area contributed by atoms with Gasteiger partial charge in [0.05, 0.1) is 18.3 Å². The number of hydrogen-bond donors (Lipinski definition) is 1. The van der Waals surface area contributed by atoms with Crippen molar-refractivity contribution in [3.05, 3.63) is 18.0 Å². The number of nitrogens with two attached hydrogens (primary N) is 1. The smallest absolute Gasteiger partial charge is 0.179 e. The van der Waals surface area contributed by atoms with E-state index in [-0.39, 0.29) is 5.78 Å². The molecule has 0 spiro atoms. The number of Topliss-reactive ketones (excluding diaryl/α,β-unsaturated/α-hetero) is 1. The Labute approximate surface area is 95.2 Å². The molecule has 1 saturated heterocycles. The Morgan fingerprint density at radius 2 is 2.25 bits per heavy atom. The SMILES string of the molecule is Cn1cc(C(=O)CN2CCC(N)CC2)cn1. The van der Waals surface area contributed by atoms with E-state index in [1.807, 2.05) is 7.05 Å².